The lowest BCUT2D eigenvalue weighted by molar-refractivity contribution is 0.327. The number of rotatable bonds is 5. The molecule has 20 heavy (non-hydrogen) atoms. The fourth-order valence-corrected chi connectivity index (χ4v) is 2.43. The normalized spacial score (nSPS) is 14.6. The third-order valence-corrected chi connectivity index (χ3v) is 3.51. The van der Waals surface area contributed by atoms with Crippen molar-refractivity contribution in [3.8, 4) is 11.8 Å². The summed E-state index contributed by atoms with van der Waals surface area (Å²) in [6.07, 6.45) is 4.41. The van der Waals surface area contributed by atoms with E-state index in [-0.39, 0.29) is 6.08 Å². The number of hydrogen-bond donors (Lipinski definition) is 1. The van der Waals surface area contributed by atoms with Gasteiger partial charge in [0.15, 0.2) is 0 Å². The van der Waals surface area contributed by atoms with Gasteiger partial charge in [-0.3, -0.25) is 0 Å². The maximum atomic E-state index is 6.00. The van der Waals surface area contributed by atoms with Crippen molar-refractivity contribution in [2.75, 3.05) is 0 Å². The van der Waals surface area contributed by atoms with Crippen LogP contribution in [0, 0.1) is 13.8 Å². The van der Waals surface area contributed by atoms with Gasteiger partial charge in [-0.15, -0.1) is 0 Å². The average molecular weight is 293 g/mol. The van der Waals surface area contributed by atoms with Crippen LogP contribution < -0.4 is 10.1 Å². The Bertz CT molecular complexity index is 597. The first-order chi connectivity index (χ1) is 9.61. The molecule has 3 rings (SSSR count). The number of aromatic nitrogens is 1. The average Bonchev–Trinajstić information content (AvgIpc) is 3.11. The second kappa shape index (κ2) is 5.46. The van der Waals surface area contributed by atoms with Gasteiger partial charge in [0.25, 0.3) is 0 Å². The summed E-state index contributed by atoms with van der Waals surface area (Å²) in [6.45, 7) is 4.62. The molecule has 1 saturated carbocycles. The molecule has 0 aliphatic heterocycles. The molecule has 1 aromatic carbocycles. The summed E-state index contributed by atoms with van der Waals surface area (Å²) in [4.78, 5) is 4.33. The Balaban J connectivity index is 1.70. The lowest BCUT2D eigenvalue weighted by Gasteiger charge is -2.08. The highest BCUT2D eigenvalue weighted by molar-refractivity contribution is 6.30. The number of halogens is 1. The molecule has 5 heteroatoms. The molecule has 0 unspecified atom stereocenters. The number of nitrogens with one attached hydrogen (secondary N) is 1. The number of benzene rings is 1. The van der Waals surface area contributed by atoms with E-state index in [1.54, 1.807) is 6.26 Å². The van der Waals surface area contributed by atoms with Crippen LogP contribution in [-0.2, 0) is 6.54 Å². The molecule has 0 spiro atoms. The van der Waals surface area contributed by atoms with E-state index in [0.29, 0.717) is 11.1 Å². The van der Waals surface area contributed by atoms with Crippen LogP contribution in [0.25, 0.3) is 0 Å². The van der Waals surface area contributed by atoms with Gasteiger partial charge in [-0.2, -0.15) is 4.98 Å². The summed E-state index contributed by atoms with van der Waals surface area (Å²) >= 11 is 6.00. The van der Waals surface area contributed by atoms with Crippen LogP contribution in [0.1, 0.15) is 29.7 Å². The van der Waals surface area contributed by atoms with Gasteiger partial charge in [0.05, 0.1) is 5.69 Å². The van der Waals surface area contributed by atoms with Crippen molar-refractivity contribution in [2.24, 2.45) is 0 Å². The number of hydrogen-bond acceptors (Lipinski definition) is 4. The number of oxazole rings is 1. The van der Waals surface area contributed by atoms with Crippen molar-refractivity contribution >= 4 is 11.6 Å². The number of aryl methyl sites for hydroxylation is 2. The number of nitrogens with zero attached hydrogens (tertiary/aromatic N) is 1. The highest BCUT2D eigenvalue weighted by atomic mass is 35.5. The fraction of sp³-hybridized carbons (Fsp3) is 0.400. The first-order valence-electron chi connectivity index (χ1n) is 6.74. The molecule has 1 fully saturated rings. The summed E-state index contributed by atoms with van der Waals surface area (Å²) in [5, 5.41) is 4.09. The molecule has 106 valence electrons. The first kappa shape index (κ1) is 13.5. The van der Waals surface area contributed by atoms with E-state index in [1.807, 2.05) is 26.0 Å². The molecule has 1 aliphatic carbocycles. The van der Waals surface area contributed by atoms with Crippen molar-refractivity contribution in [2.45, 2.75) is 39.3 Å². The largest absolute Gasteiger partial charge is 0.417 e. The Morgan fingerprint density at radius 2 is 2.05 bits per heavy atom. The molecular weight excluding hydrogens is 276 g/mol. The molecule has 1 heterocycles. The van der Waals surface area contributed by atoms with Gasteiger partial charge in [0, 0.05) is 17.6 Å². The molecule has 0 bridgehead atoms. The second-order valence-electron chi connectivity index (χ2n) is 5.23. The minimum atomic E-state index is 0.270. The van der Waals surface area contributed by atoms with Crippen LogP contribution in [0.3, 0.4) is 0 Å². The Kier molecular flexibility index (Phi) is 3.68. The van der Waals surface area contributed by atoms with Gasteiger partial charge in [-0.05, 0) is 49.9 Å². The summed E-state index contributed by atoms with van der Waals surface area (Å²) < 4.78 is 11.1. The molecule has 1 N–H and O–H groups in total. The smallest absolute Gasteiger partial charge is 0.399 e. The Hall–Kier alpha value is -1.52. The second-order valence-corrected chi connectivity index (χ2v) is 5.67. The minimum absolute atomic E-state index is 0.270. The number of ether oxygens (including phenoxy) is 1. The zero-order chi connectivity index (χ0) is 14.1. The summed E-state index contributed by atoms with van der Waals surface area (Å²) in [6, 6.07) is 4.38. The van der Waals surface area contributed by atoms with Crippen LogP contribution in [0.15, 0.2) is 22.8 Å². The highest BCUT2D eigenvalue weighted by Gasteiger charge is 2.20. The van der Waals surface area contributed by atoms with E-state index in [9.17, 15) is 0 Å². The molecule has 0 saturated heterocycles. The van der Waals surface area contributed by atoms with Gasteiger partial charge in [-0.25, -0.2) is 0 Å². The molecule has 0 amide bonds. The van der Waals surface area contributed by atoms with Crippen LogP contribution in [0.5, 0.6) is 11.8 Å². The first-order valence-corrected chi connectivity index (χ1v) is 7.12. The third kappa shape index (κ3) is 3.14. The van der Waals surface area contributed by atoms with Crippen molar-refractivity contribution in [3.05, 3.63) is 40.2 Å². The predicted molar refractivity (Wildman–Crippen MR) is 77.4 cm³/mol. The van der Waals surface area contributed by atoms with Gasteiger partial charge in [0.1, 0.15) is 12.0 Å². The van der Waals surface area contributed by atoms with Crippen molar-refractivity contribution in [1.29, 1.82) is 0 Å². The van der Waals surface area contributed by atoms with Gasteiger partial charge in [-0.1, -0.05) is 11.6 Å². The Morgan fingerprint density at radius 3 is 2.70 bits per heavy atom. The summed E-state index contributed by atoms with van der Waals surface area (Å²) in [7, 11) is 0. The van der Waals surface area contributed by atoms with E-state index in [4.69, 9.17) is 20.8 Å². The van der Waals surface area contributed by atoms with Crippen molar-refractivity contribution < 1.29 is 9.15 Å². The van der Waals surface area contributed by atoms with Crippen LogP contribution in [0.2, 0.25) is 5.02 Å². The third-order valence-electron chi connectivity index (χ3n) is 3.29. The van der Waals surface area contributed by atoms with Gasteiger partial charge < -0.3 is 14.5 Å². The lowest BCUT2D eigenvalue weighted by atomic mass is 10.1. The van der Waals surface area contributed by atoms with E-state index >= 15 is 0 Å². The molecule has 1 aliphatic rings. The monoisotopic (exact) mass is 292 g/mol. The summed E-state index contributed by atoms with van der Waals surface area (Å²) in [5.74, 6) is 0.748. The molecule has 1 aromatic heterocycles. The Labute approximate surface area is 123 Å². The zero-order valence-electron chi connectivity index (χ0n) is 11.6. The molecule has 4 nitrogen and oxygen atoms in total. The maximum absolute atomic E-state index is 6.00. The van der Waals surface area contributed by atoms with Gasteiger partial charge >= 0.3 is 6.08 Å². The van der Waals surface area contributed by atoms with Crippen LogP contribution in [-0.4, -0.2) is 11.0 Å². The van der Waals surface area contributed by atoms with E-state index in [1.165, 1.54) is 12.8 Å². The van der Waals surface area contributed by atoms with Crippen LogP contribution in [0.4, 0.5) is 0 Å². The van der Waals surface area contributed by atoms with E-state index in [2.05, 4.69) is 10.3 Å². The van der Waals surface area contributed by atoms with Gasteiger partial charge in [0.2, 0.25) is 0 Å². The maximum Gasteiger partial charge on any atom is 0.399 e. The standard InChI is InChI=1S/C15H17ClN2O2/c1-9-5-11(16)6-10(2)14(9)20-15-18-13(8-19-15)7-17-12-3-4-12/h5-6,8,12,17H,3-4,7H2,1-2H3. The Morgan fingerprint density at radius 1 is 1.35 bits per heavy atom. The molecular formula is C15H17ClN2O2. The molecule has 0 radical (unpaired) electrons. The quantitative estimate of drug-likeness (QED) is 0.905. The topological polar surface area (TPSA) is 47.3 Å². The molecule has 2 aromatic rings. The van der Waals surface area contributed by atoms with Crippen LogP contribution >= 0.6 is 11.6 Å². The summed E-state index contributed by atoms with van der Waals surface area (Å²) in [5.41, 5.74) is 2.79. The minimum Gasteiger partial charge on any atom is -0.417 e. The zero-order valence-corrected chi connectivity index (χ0v) is 12.3. The van der Waals surface area contributed by atoms with Crippen molar-refractivity contribution in [3.63, 3.8) is 0 Å². The fourth-order valence-electron chi connectivity index (χ4n) is 2.10. The molecule has 0 atom stereocenters. The van der Waals surface area contributed by atoms with E-state index < -0.39 is 0 Å². The van der Waals surface area contributed by atoms with E-state index in [0.717, 1.165) is 29.1 Å². The SMILES string of the molecule is Cc1cc(Cl)cc(C)c1Oc1nc(CNC2CC2)co1. The van der Waals surface area contributed by atoms with Crippen molar-refractivity contribution in [1.82, 2.24) is 10.3 Å². The predicted octanol–water partition coefficient (Wildman–Crippen LogP) is 3.99. The lowest BCUT2D eigenvalue weighted by Crippen LogP contribution is -2.15. The highest BCUT2D eigenvalue weighted by Crippen LogP contribution is 2.31.